The van der Waals surface area contributed by atoms with E-state index in [1.165, 1.54) is 7.11 Å². The van der Waals surface area contributed by atoms with Crippen LogP contribution in [0.15, 0.2) is 0 Å². The molecule has 0 heterocycles. The largest absolute Gasteiger partial charge is 0.381 e. The van der Waals surface area contributed by atoms with Crippen LogP contribution in [0.4, 0.5) is 0 Å². The topological polar surface area (TPSA) is 125 Å². The minimum atomic E-state index is -0.761. The van der Waals surface area contributed by atoms with E-state index in [9.17, 15) is 19.5 Å². The van der Waals surface area contributed by atoms with Crippen LogP contribution in [-0.4, -0.2) is 84.8 Å². The molecule has 0 saturated heterocycles. The van der Waals surface area contributed by atoms with Gasteiger partial charge in [-0.2, -0.15) is 0 Å². The zero-order valence-corrected chi connectivity index (χ0v) is 20.7. The number of rotatable bonds is 14. The van der Waals surface area contributed by atoms with Gasteiger partial charge in [-0.1, -0.05) is 48.0 Å². The highest BCUT2D eigenvalue weighted by Gasteiger charge is 2.38. The molecule has 4 N–H and O–H groups in total. The molecule has 182 valence electrons. The van der Waals surface area contributed by atoms with Crippen molar-refractivity contribution in [2.45, 2.75) is 78.6 Å². The van der Waals surface area contributed by atoms with Gasteiger partial charge in [-0.15, -0.1) is 0 Å². The number of ether oxygens (including phenoxy) is 1. The molecular weight excluding hydrogens is 400 g/mol. The van der Waals surface area contributed by atoms with E-state index in [1.54, 1.807) is 23.9 Å². The first-order valence-electron chi connectivity index (χ1n) is 11.0. The maximum Gasteiger partial charge on any atom is 0.245 e. The summed E-state index contributed by atoms with van der Waals surface area (Å²) < 4.78 is 5.54. The Kier molecular flexibility index (Phi) is 12.9. The molecule has 9 nitrogen and oxygen atoms in total. The van der Waals surface area contributed by atoms with Gasteiger partial charge in [0.15, 0.2) is 0 Å². The number of nitrogens with zero attached hydrogens (tertiary/aromatic N) is 2. The van der Waals surface area contributed by atoms with Crippen LogP contribution in [-0.2, 0) is 19.1 Å². The summed E-state index contributed by atoms with van der Waals surface area (Å²) in [6.45, 7) is 11.2. The molecule has 0 fully saturated rings. The van der Waals surface area contributed by atoms with Crippen molar-refractivity contribution in [3.05, 3.63) is 0 Å². The summed E-state index contributed by atoms with van der Waals surface area (Å²) in [7, 11) is 4.84. The molecule has 0 rings (SSSR count). The van der Waals surface area contributed by atoms with Crippen molar-refractivity contribution in [1.29, 1.82) is 0 Å². The summed E-state index contributed by atoms with van der Waals surface area (Å²) in [6, 6.07) is -1.71. The lowest BCUT2D eigenvalue weighted by molar-refractivity contribution is -0.145. The van der Waals surface area contributed by atoms with Crippen molar-refractivity contribution in [2.75, 3.05) is 27.9 Å². The second-order valence-corrected chi connectivity index (χ2v) is 9.09. The van der Waals surface area contributed by atoms with E-state index in [0.29, 0.717) is 0 Å². The minimum absolute atomic E-state index is 0.00144. The number of primary amides is 1. The van der Waals surface area contributed by atoms with Crippen molar-refractivity contribution in [3.63, 3.8) is 0 Å². The molecule has 0 aromatic carbocycles. The fourth-order valence-electron chi connectivity index (χ4n) is 4.00. The molecular formula is C22H44N4O5. The summed E-state index contributed by atoms with van der Waals surface area (Å²) in [5.41, 5.74) is 5.40. The molecule has 0 aliphatic rings. The maximum atomic E-state index is 13.5. The molecule has 9 heteroatoms. The number of nitrogens with one attached hydrogen (secondary N) is 1. The Balaban J connectivity index is 5.84. The first kappa shape index (κ1) is 29.3. The number of nitrogens with two attached hydrogens (primary N) is 1. The van der Waals surface area contributed by atoms with Crippen LogP contribution in [0.3, 0.4) is 0 Å². The molecule has 0 aromatic rings. The lowest BCUT2D eigenvalue weighted by atomic mass is 9.89. The van der Waals surface area contributed by atoms with Gasteiger partial charge >= 0.3 is 0 Å². The highest BCUT2D eigenvalue weighted by Crippen LogP contribution is 2.23. The molecule has 0 aromatic heterocycles. The van der Waals surface area contributed by atoms with Gasteiger partial charge in [0.2, 0.25) is 17.7 Å². The third-order valence-corrected chi connectivity index (χ3v) is 5.94. The Bertz CT molecular complexity index is 584. The average molecular weight is 445 g/mol. The van der Waals surface area contributed by atoms with Crippen molar-refractivity contribution < 1.29 is 24.2 Å². The van der Waals surface area contributed by atoms with Crippen molar-refractivity contribution in [2.24, 2.45) is 23.5 Å². The zero-order chi connectivity index (χ0) is 24.5. The van der Waals surface area contributed by atoms with E-state index in [1.807, 2.05) is 41.5 Å². The number of methoxy groups -OCH3 is 1. The third-order valence-electron chi connectivity index (χ3n) is 5.94. The molecule has 0 radical (unpaired) electrons. The van der Waals surface area contributed by atoms with E-state index in [4.69, 9.17) is 10.5 Å². The van der Waals surface area contributed by atoms with Crippen molar-refractivity contribution >= 4 is 17.7 Å². The number of amides is 3. The predicted octanol–water partition coefficient (Wildman–Crippen LogP) is 0.797. The van der Waals surface area contributed by atoms with Crippen LogP contribution in [0.25, 0.3) is 0 Å². The molecule has 0 bridgehead atoms. The molecule has 0 aliphatic heterocycles. The second-order valence-electron chi connectivity index (χ2n) is 9.09. The van der Waals surface area contributed by atoms with Crippen LogP contribution >= 0.6 is 0 Å². The SMILES string of the molecule is CCC(C)[C@@H]([C@@H](CC(N)=O)OC)N(C)C(=O)[C@@H](NC(=O)[C@H](C(C)C)N(C)CO)C(C)C. The second kappa shape index (κ2) is 13.6. The summed E-state index contributed by atoms with van der Waals surface area (Å²) in [5, 5.41) is 12.4. The minimum Gasteiger partial charge on any atom is -0.381 e. The van der Waals surface area contributed by atoms with E-state index in [0.717, 1.165) is 6.42 Å². The van der Waals surface area contributed by atoms with Crippen LogP contribution in [0, 0.1) is 17.8 Å². The molecule has 0 saturated carbocycles. The van der Waals surface area contributed by atoms with E-state index in [2.05, 4.69) is 5.32 Å². The maximum absolute atomic E-state index is 13.5. The van der Waals surface area contributed by atoms with Crippen LogP contribution < -0.4 is 11.1 Å². The number of carbonyl (C=O) groups excluding carboxylic acids is 3. The highest BCUT2D eigenvalue weighted by atomic mass is 16.5. The Hall–Kier alpha value is -1.71. The number of carbonyl (C=O) groups is 3. The van der Waals surface area contributed by atoms with Gasteiger partial charge in [0.25, 0.3) is 0 Å². The quantitative estimate of drug-likeness (QED) is 0.340. The van der Waals surface area contributed by atoms with Gasteiger partial charge in [0.05, 0.1) is 31.3 Å². The van der Waals surface area contributed by atoms with Crippen molar-refractivity contribution in [1.82, 2.24) is 15.1 Å². The first-order valence-corrected chi connectivity index (χ1v) is 11.0. The van der Waals surface area contributed by atoms with Gasteiger partial charge in [-0.05, 0) is 24.8 Å². The first-order chi connectivity index (χ1) is 14.3. The fourth-order valence-corrected chi connectivity index (χ4v) is 4.00. The molecule has 31 heavy (non-hydrogen) atoms. The predicted molar refractivity (Wildman–Crippen MR) is 121 cm³/mol. The molecule has 0 aliphatic carbocycles. The number of aliphatic hydroxyl groups is 1. The monoisotopic (exact) mass is 444 g/mol. The number of aliphatic hydroxyl groups excluding tert-OH is 1. The Labute approximate surface area is 187 Å². The summed E-state index contributed by atoms with van der Waals surface area (Å²) in [6.07, 6.45) is 0.225. The van der Waals surface area contributed by atoms with Gasteiger partial charge in [-0.3, -0.25) is 19.3 Å². The lowest BCUT2D eigenvalue weighted by Gasteiger charge is -2.40. The number of hydrogen-bond acceptors (Lipinski definition) is 6. The summed E-state index contributed by atoms with van der Waals surface area (Å²) in [4.78, 5) is 41.2. The molecule has 1 unspecified atom stereocenters. The fraction of sp³-hybridized carbons (Fsp3) is 0.864. The zero-order valence-electron chi connectivity index (χ0n) is 20.7. The lowest BCUT2D eigenvalue weighted by Crippen LogP contribution is -2.59. The third kappa shape index (κ3) is 8.38. The number of hydrogen-bond donors (Lipinski definition) is 3. The summed E-state index contributed by atoms with van der Waals surface area (Å²) >= 11 is 0. The molecule has 3 amide bonds. The molecule has 5 atom stereocenters. The van der Waals surface area contributed by atoms with Crippen molar-refractivity contribution in [3.8, 4) is 0 Å². The Morgan fingerprint density at radius 2 is 1.61 bits per heavy atom. The molecule has 0 spiro atoms. The van der Waals surface area contributed by atoms with Crippen LogP contribution in [0.2, 0.25) is 0 Å². The highest BCUT2D eigenvalue weighted by molar-refractivity contribution is 5.90. The van der Waals surface area contributed by atoms with Gasteiger partial charge in [0.1, 0.15) is 6.04 Å². The van der Waals surface area contributed by atoms with E-state index >= 15 is 0 Å². The standard InChI is InChI=1S/C22H44N4O5/c1-10-15(6)20(16(31-9)11-17(23)28)26(8)22(30)18(13(2)3)24-21(29)19(14(4)5)25(7)12-27/h13-16,18-20,27H,10-12H2,1-9H3,(H2,23,28)(H,24,29)/t15?,16-,18+,19+,20+/m1/s1. The average Bonchev–Trinajstić information content (AvgIpc) is 2.69. The van der Waals surface area contributed by atoms with Crippen LogP contribution in [0.1, 0.15) is 54.4 Å². The Morgan fingerprint density at radius 1 is 1.06 bits per heavy atom. The van der Waals surface area contributed by atoms with E-state index in [-0.39, 0.29) is 48.8 Å². The van der Waals surface area contributed by atoms with Gasteiger partial charge in [-0.25, -0.2) is 0 Å². The van der Waals surface area contributed by atoms with Gasteiger partial charge < -0.3 is 25.8 Å². The number of likely N-dealkylation sites (N-methyl/N-ethyl adjacent to an activating group) is 2. The van der Waals surface area contributed by atoms with Crippen LogP contribution in [0.5, 0.6) is 0 Å². The normalized spacial score (nSPS) is 16.7. The Morgan fingerprint density at radius 3 is 1.97 bits per heavy atom. The van der Waals surface area contributed by atoms with Gasteiger partial charge in [0, 0.05) is 14.2 Å². The summed E-state index contributed by atoms with van der Waals surface area (Å²) in [5.74, 6) is -1.24. The van der Waals surface area contributed by atoms with E-state index < -0.39 is 24.1 Å². The smallest absolute Gasteiger partial charge is 0.245 e.